The van der Waals surface area contributed by atoms with Gasteiger partial charge in [0.1, 0.15) is 11.6 Å². The summed E-state index contributed by atoms with van der Waals surface area (Å²) in [5, 5.41) is 10.9. The van der Waals surface area contributed by atoms with Gasteiger partial charge in [0.2, 0.25) is 11.8 Å². The topological polar surface area (TPSA) is 90.4 Å². The Kier molecular flexibility index (Phi) is 9.38. The number of amides is 3. The molecule has 0 aliphatic carbocycles. The second kappa shape index (κ2) is 12.9. The van der Waals surface area contributed by atoms with Gasteiger partial charge in [0.15, 0.2) is 0 Å². The Hall–Kier alpha value is -3.75. The van der Waals surface area contributed by atoms with E-state index in [1.165, 1.54) is 0 Å². The molecular formula is C37H47N3O5. The molecule has 8 nitrogen and oxygen atoms in total. The average molecular weight is 614 g/mol. The first kappa shape index (κ1) is 32.6. The van der Waals surface area contributed by atoms with Crippen LogP contribution in [-0.4, -0.2) is 76.1 Å². The zero-order chi connectivity index (χ0) is 32.5. The molecule has 2 unspecified atom stereocenters. The lowest BCUT2D eigenvalue weighted by atomic mass is 9.64. The molecule has 3 amide bonds. The van der Waals surface area contributed by atoms with Crippen LogP contribution in [0.5, 0.6) is 0 Å². The van der Waals surface area contributed by atoms with Crippen LogP contribution in [0, 0.1) is 25.7 Å². The zero-order valence-electron chi connectivity index (χ0n) is 27.1. The van der Waals surface area contributed by atoms with Gasteiger partial charge < -0.3 is 24.5 Å². The maximum Gasteiger partial charge on any atom is 0.253 e. The quantitative estimate of drug-likeness (QED) is 0.316. The Morgan fingerprint density at radius 2 is 1.69 bits per heavy atom. The number of ether oxygens (including phenoxy) is 1. The summed E-state index contributed by atoms with van der Waals surface area (Å²) in [5.74, 6) is -2.37. The van der Waals surface area contributed by atoms with Crippen molar-refractivity contribution in [3.63, 3.8) is 0 Å². The molecule has 2 bridgehead atoms. The number of aliphatic hydroxyl groups is 1. The number of carbonyl (C=O) groups excluding carboxylic acids is 3. The minimum atomic E-state index is -1.23. The molecule has 3 fully saturated rings. The van der Waals surface area contributed by atoms with E-state index in [2.05, 4.69) is 13.2 Å². The van der Waals surface area contributed by atoms with Crippen molar-refractivity contribution in [2.45, 2.75) is 76.7 Å². The third-order valence-corrected chi connectivity index (χ3v) is 10.3. The van der Waals surface area contributed by atoms with E-state index < -0.39 is 35.1 Å². The fourth-order valence-electron chi connectivity index (χ4n) is 8.39. The number of para-hydroxylation sites is 1. The van der Waals surface area contributed by atoms with Crippen molar-refractivity contribution < 1.29 is 24.2 Å². The molecule has 3 heterocycles. The number of likely N-dealkylation sites (tertiary alicyclic amines) is 1. The van der Waals surface area contributed by atoms with Crippen molar-refractivity contribution in [1.82, 2.24) is 9.80 Å². The number of aliphatic hydroxyl groups excluding tert-OH is 1. The number of carbonyl (C=O) groups is 3. The number of hydrogen-bond acceptors (Lipinski definition) is 5. The summed E-state index contributed by atoms with van der Waals surface area (Å²) < 4.78 is 7.06. The Labute approximate surface area is 267 Å². The van der Waals surface area contributed by atoms with Crippen LogP contribution in [0.4, 0.5) is 5.69 Å². The summed E-state index contributed by atoms with van der Waals surface area (Å²) in [6.07, 6.45) is 5.72. The first-order chi connectivity index (χ1) is 21.7. The maximum atomic E-state index is 15.2. The number of nitrogens with zero attached hydrogens (tertiary/aromatic N) is 3. The monoisotopic (exact) mass is 613 g/mol. The summed E-state index contributed by atoms with van der Waals surface area (Å²) >= 11 is 0. The van der Waals surface area contributed by atoms with Crippen LogP contribution in [0.2, 0.25) is 0 Å². The molecule has 6 atom stereocenters. The van der Waals surface area contributed by atoms with Gasteiger partial charge >= 0.3 is 0 Å². The standard InChI is InChI=1S/C37H47N3O5/c1-7-21-38(22-8-2)33(42)29-30-34(43)40(28(24-41)27-17-12-11-13-18-27)32(37(30)20-19-36(29,10-4)45-37)35(44)39(23-9-3)31-25(5)15-14-16-26(31)6/h7,9,11-18,28-30,32,41H,1,3,8,10,19-24H2,2,4-6H3/t28-,29-,30+,32?,36+,37?/m1/s1. The highest BCUT2D eigenvalue weighted by Gasteiger charge is 2.79. The normalized spacial score (nSPS) is 27.3. The third-order valence-electron chi connectivity index (χ3n) is 10.3. The number of fused-ring (bicyclic) bond motifs is 1. The van der Waals surface area contributed by atoms with Crippen LogP contribution in [0.25, 0.3) is 0 Å². The van der Waals surface area contributed by atoms with Gasteiger partial charge in [-0.15, -0.1) is 13.2 Å². The third kappa shape index (κ3) is 5.12. The minimum Gasteiger partial charge on any atom is -0.394 e. The van der Waals surface area contributed by atoms with E-state index in [4.69, 9.17) is 4.74 Å². The predicted octanol–water partition coefficient (Wildman–Crippen LogP) is 5.14. The number of hydrogen-bond donors (Lipinski definition) is 1. The molecule has 1 N–H and O–H groups in total. The fourth-order valence-corrected chi connectivity index (χ4v) is 8.39. The molecule has 0 aromatic heterocycles. The molecule has 0 radical (unpaired) electrons. The fraction of sp³-hybridized carbons (Fsp3) is 0.486. The molecule has 5 rings (SSSR count). The van der Waals surface area contributed by atoms with E-state index in [1.807, 2.05) is 76.2 Å². The second-order valence-electron chi connectivity index (χ2n) is 12.7. The van der Waals surface area contributed by atoms with E-state index in [1.54, 1.807) is 26.9 Å². The van der Waals surface area contributed by atoms with E-state index in [9.17, 15) is 14.7 Å². The van der Waals surface area contributed by atoms with Crippen molar-refractivity contribution in [1.29, 1.82) is 0 Å². The first-order valence-electron chi connectivity index (χ1n) is 16.2. The summed E-state index contributed by atoms with van der Waals surface area (Å²) in [5.41, 5.74) is 1.23. The molecule has 0 saturated carbocycles. The van der Waals surface area contributed by atoms with Gasteiger partial charge in [0.05, 0.1) is 30.1 Å². The lowest BCUT2D eigenvalue weighted by molar-refractivity contribution is -0.153. The van der Waals surface area contributed by atoms with Crippen LogP contribution in [0.1, 0.15) is 62.3 Å². The Morgan fingerprint density at radius 3 is 2.27 bits per heavy atom. The van der Waals surface area contributed by atoms with Crippen LogP contribution in [0.3, 0.4) is 0 Å². The SMILES string of the molecule is C=CCN(CCC)C(=O)[C@H]1[C@H]2C(=O)N([C@H](CO)c3ccccc3)C(C(=O)N(CC=C)c3c(C)cccc3C)C23CC[C@]1(CC)O3. The smallest absolute Gasteiger partial charge is 0.253 e. The van der Waals surface area contributed by atoms with Gasteiger partial charge in [-0.1, -0.05) is 74.5 Å². The number of rotatable bonds is 13. The lowest BCUT2D eigenvalue weighted by Gasteiger charge is -2.40. The van der Waals surface area contributed by atoms with Crippen molar-refractivity contribution in [2.24, 2.45) is 11.8 Å². The highest BCUT2D eigenvalue weighted by Crippen LogP contribution is 2.65. The summed E-state index contributed by atoms with van der Waals surface area (Å²) in [7, 11) is 0. The van der Waals surface area contributed by atoms with Crippen molar-refractivity contribution >= 4 is 23.4 Å². The largest absolute Gasteiger partial charge is 0.394 e. The number of aryl methyl sites for hydroxylation is 2. The molecule has 1 spiro atoms. The lowest BCUT2D eigenvalue weighted by Crippen LogP contribution is -2.57. The van der Waals surface area contributed by atoms with Gasteiger partial charge in [-0.25, -0.2) is 0 Å². The highest BCUT2D eigenvalue weighted by atomic mass is 16.5. The first-order valence-corrected chi connectivity index (χ1v) is 16.2. The van der Waals surface area contributed by atoms with Gasteiger partial charge in [0.25, 0.3) is 5.91 Å². The molecule has 240 valence electrons. The minimum absolute atomic E-state index is 0.135. The van der Waals surface area contributed by atoms with Crippen LogP contribution < -0.4 is 4.90 Å². The van der Waals surface area contributed by atoms with Crippen LogP contribution in [-0.2, 0) is 19.1 Å². The van der Waals surface area contributed by atoms with E-state index in [0.717, 1.165) is 23.2 Å². The summed E-state index contributed by atoms with van der Waals surface area (Å²) in [6.45, 7) is 16.5. The molecule has 2 aromatic carbocycles. The molecule has 3 saturated heterocycles. The number of benzene rings is 2. The molecule has 3 aliphatic heterocycles. The Morgan fingerprint density at radius 1 is 1.02 bits per heavy atom. The van der Waals surface area contributed by atoms with Gasteiger partial charge in [-0.2, -0.15) is 0 Å². The van der Waals surface area contributed by atoms with Crippen LogP contribution >= 0.6 is 0 Å². The average Bonchev–Trinajstić information content (AvgIpc) is 3.64. The van der Waals surface area contributed by atoms with Crippen LogP contribution in [0.15, 0.2) is 73.8 Å². The molecule has 8 heteroatoms. The summed E-state index contributed by atoms with van der Waals surface area (Å²) in [6, 6.07) is 13.3. The van der Waals surface area contributed by atoms with Crippen molar-refractivity contribution in [2.75, 3.05) is 31.1 Å². The van der Waals surface area contributed by atoms with E-state index >= 15 is 4.79 Å². The van der Waals surface area contributed by atoms with E-state index in [-0.39, 0.29) is 30.9 Å². The van der Waals surface area contributed by atoms with Gasteiger partial charge in [-0.05, 0) is 56.2 Å². The van der Waals surface area contributed by atoms with Gasteiger partial charge in [0, 0.05) is 25.3 Å². The second-order valence-corrected chi connectivity index (χ2v) is 12.7. The Bertz CT molecular complexity index is 1440. The summed E-state index contributed by atoms with van der Waals surface area (Å²) in [4.78, 5) is 49.7. The molecule has 45 heavy (non-hydrogen) atoms. The number of anilines is 1. The predicted molar refractivity (Wildman–Crippen MR) is 175 cm³/mol. The molecule has 3 aliphatic rings. The maximum absolute atomic E-state index is 15.2. The van der Waals surface area contributed by atoms with Gasteiger partial charge in [-0.3, -0.25) is 14.4 Å². The van der Waals surface area contributed by atoms with Crippen molar-refractivity contribution in [3.05, 3.63) is 90.5 Å². The highest BCUT2D eigenvalue weighted by molar-refractivity contribution is 6.06. The molecule has 2 aromatic rings. The van der Waals surface area contributed by atoms with E-state index in [0.29, 0.717) is 37.9 Å². The molecular weight excluding hydrogens is 566 g/mol. The Balaban J connectivity index is 1.71. The zero-order valence-corrected chi connectivity index (χ0v) is 27.1. The van der Waals surface area contributed by atoms with Crippen molar-refractivity contribution in [3.8, 4) is 0 Å².